The highest BCUT2D eigenvalue weighted by Gasteiger charge is 2.14. The highest BCUT2D eigenvalue weighted by atomic mass is 35.5. The zero-order chi connectivity index (χ0) is 13.3. The molecule has 92 valence electrons. The third kappa shape index (κ3) is 2.36. The molecule has 0 aliphatic rings. The monoisotopic (exact) mass is 264 g/mol. The fourth-order valence-electron chi connectivity index (χ4n) is 1.56. The standard InChI is InChI=1S/C12H9ClN2O3/c13-8-1-6(2-9(14)4-8)11(16)7-3-10(12(17)18)15-5-7/h1-5,15H,14H2,(H,17,18). The van der Waals surface area contributed by atoms with Crippen molar-refractivity contribution in [2.45, 2.75) is 0 Å². The van der Waals surface area contributed by atoms with Crippen molar-refractivity contribution in [2.75, 3.05) is 5.73 Å². The van der Waals surface area contributed by atoms with Gasteiger partial charge in [0.15, 0.2) is 5.78 Å². The van der Waals surface area contributed by atoms with E-state index in [-0.39, 0.29) is 17.0 Å². The molecule has 0 unspecified atom stereocenters. The van der Waals surface area contributed by atoms with Gasteiger partial charge < -0.3 is 15.8 Å². The van der Waals surface area contributed by atoms with Crippen LogP contribution in [0.15, 0.2) is 30.5 Å². The molecule has 1 aromatic heterocycles. The summed E-state index contributed by atoms with van der Waals surface area (Å²) in [4.78, 5) is 25.3. The van der Waals surface area contributed by atoms with Crippen LogP contribution in [0.2, 0.25) is 5.02 Å². The average molecular weight is 265 g/mol. The summed E-state index contributed by atoms with van der Waals surface area (Å²) in [5.41, 5.74) is 6.48. The number of hydrogen-bond donors (Lipinski definition) is 3. The van der Waals surface area contributed by atoms with Crippen LogP contribution in [0.4, 0.5) is 5.69 Å². The Hall–Kier alpha value is -2.27. The maximum Gasteiger partial charge on any atom is 0.352 e. The molecule has 1 aromatic carbocycles. The summed E-state index contributed by atoms with van der Waals surface area (Å²) in [6.45, 7) is 0. The number of nitrogen functional groups attached to an aromatic ring is 1. The molecule has 0 spiro atoms. The Morgan fingerprint density at radius 1 is 1.17 bits per heavy atom. The Bertz CT molecular complexity index is 614. The zero-order valence-corrected chi connectivity index (χ0v) is 9.86. The van der Waals surface area contributed by atoms with Gasteiger partial charge >= 0.3 is 5.97 Å². The molecule has 4 N–H and O–H groups in total. The Labute approximate surface area is 107 Å². The van der Waals surface area contributed by atoms with Crippen LogP contribution < -0.4 is 5.73 Å². The Morgan fingerprint density at radius 2 is 1.89 bits per heavy atom. The molecule has 0 radical (unpaired) electrons. The minimum atomic E-state index is -1.13. The van der Waals surface area contributed by atoms with Crippen LogP contribution in [0, 0.1) is 0 Å². The number of H-pyrrole nitrogens is 1. The number of halogens is 1. The molecule has 2 rings (SSSR count). The minimum absolute atomic E-state index is 0.0478. The van der Waals surface area contributed by atoms with E-state index in [1.807, 2.05) is 0 Å². The molecule has 2 aromatic rings. The lowest BCUT2D eigenvalue weighted by atomic mass is 10.1. The summed E-state index contributed by atoms with van der Waals surface area (Å²) in [5, 5.41) is 9.11. The molecular weight excluding hydrogens is 256 g/mol. The van der Waals surface area contributed by atoms with E-state index in [1.54, 1.807) is 0 Å². The Balaban J connectivity index is 2.38. The number of rotatable bonds is 3. The molecule has 5 nitrogen and oxygen atoms in total. The van der Waals surface area contributed by atoms with Gasteiger partial charge in [0.05, 0.1) is 0 Å². The first-order valence-electron chi connectivity index (χ1n) is 5.00. The summed E-state index contributed by atoms with van der Waals surface area (Å²) >= 11 is 5.80. The first kappa shape index (κ1) is 12.2. The molecule has 0 aliphatic heterocycles. The second-order valence-corrected chi connectivity index (χ2v) is 4.15. The van der Waals surface area contributed by atoms with Crippen LogP contribution in [0.25, 0.3) is 0 Å². The molecule has 0 bridgehead atoms. The van der Waals surface area contributed by atoms with E-state index in [1.165, 1.54) is 30.5 Å². The molecule has 0 amide bonds. The van der Waals surface area contributed by atoms with Gasteiger partial charge in [-0.2, -0.15) is 0 Å². The van der Waals surface area contributed by atoms with Gasteiger partial charge in [0, 0.05) is 28.0 Å². The molecule has 1 heterocycles. The quantitative estimate of drug-likeness (QED) is 0.585. The largest absolute Gasteiger partial charge is 0.477 e. The lowest BCUT2D eigenvalue weighted by Gasteiger charge is -2.01. The van der Waals surface area contributed by atoms with Crippen molar-refractivity contribution < 1.29 is 14.7 Å². The number of ketones is 1. The van der Waals surface area contributed by atoms with Crippen LogP contribution in [-0.2, 0) is 0 Å². The van der Waals surface area contributed by atoms with Gasteiger partial charge in [0.25, 0.3) is 0 Å². The predicted octanol–water partition coefficient (Wildman–Crippen LogP) is 2.18. The summed E-state index contributed by atoms with van der Waals surface area (Å²) in [5.74, 6) is -1.47. The lowest BCUT2D eigenvalue weighted by Crippen LogP contribution is -2.01. The van der Waals surface area contributed by atoms with E-state index < -0.39 is 5.97 Å². The molecule has 0 atom stereocenters. The normalized spacial score (nSPS) is 10.3. The molecule has 0 fully saturated rings. The predicted molar refractivity (Wildman–Crippen MR) is 67.0 cm³/mol. The highest BCUT2D eigenvalue weighted by Crippen LogP contribution is 2.19. The SMILES string of the molecule is Nc1cc(Cl)cc(C(=O)c2c[nH]c(C(=O)O)c2)c1. The van der Waals surface area contributed by atoms with Crippen LogP contribution in [0.5, 0.6) is 0 Å². The third-order valence-electron chi connectivity index (χ3n) is 2.36. The smallest absolute Gasteiger partial charge is 0.352 e. The van der Waals surface area contributed by atoms with Gasteiger partial charge in [-0.05, 0) is 24.3 Å². The summed E-state index contributed by atoms with van der Waals surface area (Å²) < 4.78 is 0. The van der Waals surface area contributed by atoms with Crippen molar-refractivity contribution in [3.63, 3.8) is 0 Å². The number of anilines is 1. The molecule has 6 heteroatoms. The number of carbonyl (C=O) groups is 2. The lowest BCUT2D eigenvalue weighted by molar-refractivity contribution is 0.0691. The molecule has 0 aliphatic carbocycles. The molecule has 0 saturated carbocycles. The van der Waals surface area contributed by atoms with Crippen molar-refractivity contribution in [3.8, 4) is 0 Å². The van der Waals surface area contributed by atoms with Gasteiger partial charge in [-0.1, -0.05) is 11.6 Å². The van der Waals surface area contributed by atoms with Crippen LogP contribution >= 0.6 is 11.6 Å². The van der Waals surface area contributed by atoms with Crippen LogP contribution in [0.3, 0.4) is 0 Å². The van der Waals surface area contributed by atoms with E-state index in [4.69, 9.17) is 22.4 Å². The maximum absolute atomic E-state index is 12.1. The van der Waals surface area contributed by atoms with Gasteiger partial charge in [-0.25, -0.2) is 4.79 Å². The number of carboxylic acid groups (broad SMARTS) is 1. The highest BCUT2D eigenvalue weighted by molar-refractivity contribution is 6.31. The second-order valence-electron chi connectivity index (χ2n) is 3.71. The van der Waals surface area contributed by atoms with Crippen molar-refractivity contribution in [3.05, 3.63) is 52.3 Å². The zero-order valence-electron chi connectivity index (χ0n) is 9.11. The van der Waals surface area contributed by atoms with Crippen LogP contribution in [-0.4, -0.2) is 21.8 Å². The Morgan fingerprint density at radius 3 is 2.44 bits per heavy atom. The number of benzene rings is 1. The molecule has 0 saturated heterocycles. The van der Waals surface area contributed by atoms with Crippen molar-refractivity contribution in [1.82, 2.24) is 4.98 Å². The van der Waals surface area contributed by atoms with E-state index in [0.717, 1.165) is 0 Å². The number of carbonyl (C=O) groups excluding carboxylic acids is 1. The number of nitrogens with two attached hydrogens (primary N) is 1. The number of nitrogens with one attached hydrogen (secondary N) is 1. The third-order valence-corrected chi connectivity index (χ3v) is 2.58. The van der Waals surface area contributed by atoms with Crippen LogP contribution in [0.1, 0.15) is 26.4 Å². The Kier molecular flexibility index (Phi) is 3.08. The van der Waals surface area contributed by atoms with Crippen molar-refractivity contribution in [1.29, 1.82) is 0 Å². The first-order valence-corrected chi connectivity index (χ1v) is 5.37. The van der Waals surface area contributed by atoms with E-state index in [2.05, 4.69) is 4.98 Å². The topological polar surface area (TPSA) is 96.2 Å². The van der Waals surface area contributed by atoms with Crippen molar-refractivity contribution >= 4 is 29.0 Å². The van der Waals surface area contributed by atoms with Gasteiger partial charge in [0.2, 0.25) is 0 Å². The number of carboxylic acids is 1. The molecule has 18 heavy (non-hydrogen) atoms. The summed E-state index contributed by atoms with van der Waals surface area (Å²) in [6.07, 6.45) is 1.34. The summed E-state index contributed by atoms with van der Waals surface area (Å²) in [7, 11) is 0. The fourth-order valence-corrected chi connectivity index (χ4v) is 1.80. The maximum atomic E-state index is 12.1. The second kappa shape index (κ2) is 4.54. The first-order chi connectivity index (χ1) is 8.47. The fraction of sp³-hybridized carbons (Fsp3) is 0. The van der Waals surface area contributed by atoms with Gasteiger partial charge in [-0.3, -0.25) is 4.79 Å². The molecular formula is C12H9ClN2O3. The van der Waals surface area contributed by atoms with E-state index in [9.17, 15) is 9.59 Å². The van der Waals surface area contributed by atoms with Crippen molar-refractivity contribution in [2.24, 2.45) is 0 Å². The number of aromatic carboxylic acids is 1. The van der Waals surface area contributed by atoms with Gasteiger partial charge in [-0.15, -0.1) is 0 Å². The van der Waals surface area contributed by atoms with E-state index in [0.29, 0.717) is 16.3 Å². The number of hydrogen-bond acceptors (Lipinski definition) is 3. The average Bonchev–Trinajstić information content (AvgIpc) is 2.75. The van der Waals surface area contributed by atoms with E-state index >= 15 is 0 Å². The number of aromatic nitrogens is 1. The minimum Gasteiger partial charge on any atom is -0.477 e. The van der Waals surface area contributed by atoms with Gasteiger partial charge in [0.1, 0.15) is 5.69 Å². The number of aromatic amines is 1. The summed E-state index contributed by atoms with van der Waals surface area (Å²) in [6, 6.07) is 5.76.